The van der Waals surface area contributed by atoms with E-state index < -0.39 is 0 Å². The number of carbonyl (C=O) groups excluding carboxylic acids is 1. The van der Waals surface area contributed by atoms with Gasteiger partial charge in [-0.15, -0.1) is 11.3 Å². The highest BCUT2D eigenvalue weighted by molar-refractivity contribution is 7.17. The lowest BCUT2D eigenvalue weighted by Crippen LogP contribution is -2.50. The second-order valence-electron chi connectivity index (χ2n) is 5.30. The fourth-order valence-corrected chi connectivity index (χ4v) is 3.37. The van der Waals surface area contributed by atoms with Crippen molar-refractivity contribution in [1.82, 2.24) is 14.9 Å². The predicted molar refractivity (Wildman–Crippen MR) is 81.0 cm³/mol. The second kappa shape index (κ2) is 5.36. The summed E-state index contributed by atoms with van der Waals surface area (Å²) in [6, 6.07) is 2.02. The van der Waals surface area contributed by atoms with E-state index in [1.165, 1.54) is 0 Å². The maximum absolute atomic E-state index is 12.0. The van der Waals surface area contributed by atoms with Crippen LogP contribution in [-0.4, -0.2) is 47.0 Å². The average Bonchev–Trinajstić information content (AvgIpc) is 2.95. The number of fused-ring (bicyclic) bond motifs is 1. The SMILES string of the molecule is CC(C)C(=O)N1CCN(c2ncnc3ccsc23)CC1. The molecule has 0 aliphatic carbocycles. The fourth-order valence-electron chi connectivity index (χ4n) is 2.50. The molecule has 3 heterocycles. The van der Waals surface area contributed by atoms with Crippen molar-refractivity contribution < 1.29 is 4.79 Å². The molecule has 0 unspecified atom stereocenters. The van der Waals surface area contributed by atoms with Gasteiger partial charge in [-0.25, -0.2) is 9.97 Å². The number of nitrogens with zero attached hydrogens (tertiary/aromatic N) is 4. The predicted octanol–water partition coefficient (Wildman–Crippen LogP) is 2.00. The van der Waals surface area contributed by atoms with E-state index in [-0.39, 0.29) is 11.8 Å². The van der Waals surface area contributed by atoms with Crippen LogP contribution in [0.15, 0.2) is 17.8 Å². The molecule has 6 heteroatoms. The van der Waals surface area contributed by atoms with Gasteiger partial charge in [0.1, 0.15) is 12.1 Å². The molecule has 0 spiro atoms. The summed E-state index contributed by atoms with van der Waals surface area (Å²) in [5.41, 5.74) is 1.00. The summed E-state index contributed by atoms with van der Waals surface area (Å²) in [6.45, 7) is 7.12. The highest BCUT2D eigenvalue weighted by Crippen LogP contribution is 2.28. The van der Waals surface area contributed by atoms with E-state index in [9.17, 15) is 4.79 Å². The summed E-state index contributed by atoms with van der Waals surface area (Å²) < 4.78 is 1.14. The zero-order valence-corrected chi connectivity index (χ0v) is 12.6. The molecule has 5 nitrogen and oxygen atoms in total. The largest absolute Gasteiger partial charge is 0.352 e. The number of piperazine rings is 1. The Kier molecular flexibility index (Phi) is 3.56. The van der Waals surface area contributed by atoms with Gasteiger partial charge >= 0.3 is 0 Å². The average molecular weight is 290 g/mol. The van der Waals surface area contributed by atoms with E-state index in [4.69, 9.17) is 0 Å². The minimum atomic E-state index is 0.0737. The molecule has 106 valence electrons. The molecule has 0 bridgehead atoms. The molecular formula is C14H18N4OS. The summed E-state index contributed by atoms with van der Waals surface area (Å²) in [5, 5.41) is 2.04. The quantitative estimate of drug-likeness (QED) is 0.849. The van der Waals surface area contributed by atoms with Crippen LogP contribution in [-0.2, 0) is 4.79 Å². The van der Waals surface area contributed by atoms with Gasteiger partial charge in [0.2, 0.25) is 5.91 Å². The molecular weight excluding hydrogens is 272 g/mol. The van der Waals surface area contributed by atoms with Crippen LogP contribution in [0.1, 0.15) is 13.8 Å². The van der Waals surface area contributed by atoms with Gasteiger partial charge in [-0.2, -0.15) is 0 Å². The molecule has 1 aliphatic rings. The third kappa shape index (κ3) is 2.35. The Morgan fingerprint density at radius 2 is 2.00 bits per heavy atom. The number of hydrogen-bond acceptors (Lipinski definition) is 5. The summed E-state index contributed by atoms with van der Waals surface area (Å²) in [4.78, 5) is 24.9. The van der Waals surface area contributed by atoms with Gasteiger partial charge in [-0.3, -0.25) is 4.79 Å². The molecule has 0 aromatic carbocycles. The zero-order chi connectivity index (χ0) is 14.1. The lowest BCUT2D eigenvalue weighted by Gasteiger charge is -2.36. The first-order chi connectivity index (χ1) is 9.66. The molecule has 1 fully saturated rings. The molecule has 0 saturated carbocycles. The summed E-state index contributed by atoms with van der Waals surface area (Å²) in [7, 11) is 0. The molecule has 3 rings (SSSR count). The molecule has 1 saturated heterocycles. The number of rotatable bonds is 2. The maximum Gasteiger partial charge on any atom is 0.225 e. The monoisotopic (exact) mass is 290 g/mol. The van der Waals surface area contributed by atoms with Crippen molar-refractivity contribution in [2.75, 3.05) is 31.1 Å². The van der Waals surface area contributed by atoms with Crippen molar-refractivity contribution in [2.45, 2.75) is 13.8 Å². The number of hydrogen-bond donors (Lipinski definition) is 0. The van der Waals surface area contributed by atoms with E-state index in [0.717, 1.165) is 42.2 Å². The van der Waals surface area contributed by atoms with E-state index >= 15 is 0 Å². The second-order valence-corrected chi connectivity index (χ2v) is 6.22. The van der Waals surface area contributed by atoms with Crippen molar-refractivity contribution in [2.24, 2.45) is 5.92 Å². The van der Waals surface area contributed by atoms with Crippen LogP contribution in [0.4, 0.5) is 5.82 Å². The van der Waals surface area contributed by atoms with Crippen molar-refractivity contribution in [3.05, 3.63) is 17.8 Å². The van der Waals surface area contributed by atoms with Gasteiger partial charge in [0.25, 0.3) is 0 Å². The van der Waals surface area contributed by atoms with Crippen LogP contribution in [0.2, 0.25) is 0 Å². The van der Waals surface area contributed by atoms with E-state index in [2.05, 4.69) is 14.9 Å². The molecule has 1 aliphatic heterocycles. The van der Waals surface area contributed by atoms with Crippen LogP contribution < -0.4 is 4.90 Å². The lowest BCUT2D eigenvalue weighted by atomic mass is 10.1. The molecule has 0 N–H and O–H groups in total. The topological polar surface area (TPSA) is 49.3 Å². The molecule has 0 atom stereocenters. The van der Waals surface area contributed by atoms with Crippen molar-refractivity contribution >= 4 is 33.3 Å². The molecule has 20 heavy (non-hydrogen) atoms. The number of anilines is 1. The van der Waals surface area contributed by atoms with E-state index in [1.807, 2.05) is 30.2 Å². The van der Waals surface area contributed by atoms with E-state index in [0.29, 0.717) is 0 Å². The molecule has 1 amide bonds. The number of thiophene rings is 1. The lowest BCUT2D eigenvalue weighted by molar-refractivity contribution is -0.134. The highest BCUT2D eigenvalue weighted by Gasteiger charge is 2.24. The van der Waals surface area contributed by atoms with Gasteiger partial charge in [0.05, 0.1) is 10.2 Å². The molecule has 0 radical (unpaired) electrons. The summed E-state index contributed by atoms with van der Waals surface area (Å²) in [6.07, 6.45) is 1.62. The number of amides is 1. The first-order valence-electron chi connectivity index (χ1n) is 6.89. The minimum absolute atomic E-state index is 0.0737. The Labute approximate surface area is 122 Å². The first kappa shape index (κ1) is 13.3. The molecule has 2 aromatic rings. The van der Waals surface area contributed by atoms with Crippen LogP contribution in [0.5, 0.6) is 0 Å². The Morgan fingerprint density at radius 3 is 2.70 bits per heavy atom. The van der Waals surface area contributed by atoms with Gasteiger partial charge in [0.15, 0.2) is 0 Å². The van der Waals surface area contributed by atoms with E-state index in [1.54, 1.807) is 17.7 Å². The van der Waals surface area contributed by atoms with Crippen LogP contribution in [0.25, 0.3) is 10.2 Å². The van der Waals surface area contributed by atoms with Crippen molar-refractivity contribution in [3.8, 4) is 0 Å². The maximum atomic E-state index is 12.0. The van der Waals surface area contributed by atoms with Gasteiger partial charge < -0.3 is 9.80 Å². The minimum Gasteiger partial charge on any atom is -0.352 e. The Hall–Kier alpha value is -1.69. The van der Waals surface area contributed by atoms with Crippen LogP contribution in [0.3, 0.4) is 0 Å². The van der Waals surface area contributed by atoms with Crippen LogP contribution >= 0.6 is 11.3 Å². The summed E-state index contributed by atoms with van der Waals surface area (Å²) >= 11 is 1.67. The smallest absolute Gasteiger partial charge is 0.225 e. The highest BCUT2D eigenvalue weighted by atomic mass is 32.1. The van der Waals surface area contributed by atoms with Crippen molar-refractivity contribution in [3.63, 3.8) is 0 Å². The fraction of sp³-hybridized carbons (Fsp3) is 0.500. The number of carbonyl (C=O) groups is 1. The first-order valence-corrected chi connectivity index (χ1v) is 7.76. The zero-order valence-electron chi connectivity index (χ0n) is 11.7. The Morgan fingerprint density at radius 1 is 1.25 bits per heavy atom. The summed E-state index contributed by atoms with van der Waals surface area (Å²) in [5.74, 6) is 1.32. The Bertz CT molecular complexity index is 616. The van der Waals surface area contributed by atoms with Gasteiger partial charge in [-0.1, -0.05) is 13.8 Å². The third-order valence-electron chi connectivity index (χ3n) is 3.61. The third-order valence-corrected chi connectivity index (χ3v) is 4.51. The molecule has 2 aromatic heterocycles. The van der Waals surface area contributed by atoms with Gasteiger partial charge in [-0.05, 0) is 11.4 Å². The Balaban J connectivity index is 1.75. The normalized spacial score (nSPS) is 16.1. The standard InChI is InChI=1S/C14H18N4OS/c1-10(2)14(19)18-6-4-17(5-7-18)13-12-11(3-8-20-12)15-9-16-13/h3,8-10H,4-7H2,1-2H3. The van der Waals surface area contributed by atoms with Crippen molar-refractivity contribution in [1.29, 1.82) is 0 Å². The number of aromatic nitrogens is 2. The van der Waals surface area contributed by atoms with Crippen LogP contribution in [0, 0.1) is 5.92 Å². The van der Waals surface area contributed by atoms with Gasteiger partial charge in [0, 0.05) is 32.1 Å².